The number of aryl methyl sites for hydroxylation is 2. The number of ether oxygens (including phenoxy) is 1. The maximum Gasteiger partial charge on any atom is 0.168 e. The average Bonchev–Trinajstić information content (AvgIpc) is 3.10. The van der Waals surface area contributed by atoms with Gasteiger partial charge in [0.05, 0.1) is 24.4 Å². The monoisotopic (exact) mass is 345 g/mol. The van der Waals surface area contributed by atoms with Crippen molar-refractivity contribution in [2.24, 2.45) is 0 Å². The minimum Gasteiger partial charge on any atom is -0.497 e. The molecule has 0 aliphatic rings. The molecule has 6 heteroatoms. The van der Waals surface area contributed by atoms with Gasteiger partial charge in [-0.25, -0.2) is 14.6 Å². The maximum absolute atomic E-state index is 5.21. The maximum atomic E-state index is 5.21. The topological polar surface area (TPSA) is 64.9 Å². The second-order valence-electron chi connectivity index (χ2n) is 6.14. The zero-order chi connectivity index (χ0) is 18.1. The second kappa shape index (κ2) is 6.48. The lowest BCUT2D eigenvalue weighted by molar-refractivity contribution is 0.414. The van der Waals surface area contributed by atoms with Gasteiger partial charge in [0.15, 0.2) is 5.65 Å². The molecule has 0 fully saturated rings. The zero-order valence-corrected chi connectivity index (χ0v) is 14.9. The summed E-state index contributed by atoms with van der Waals surface area (Å²) < 4.78 is 7.01. The minimum atomic E-state index is 0.734. The Bertz CT molecular complexity index is 1070. The smallest absolute Gasteiger partial charge is 0.168 e. The Balaban J connectivity index is 1.73. The number of benzene rings is 2. The summed E-state index contributed by atoms with van der Waals surface area (Å²) in [6, 6.07) is 13.9. The molecule has 0 unspecified atom stereocenters. The van der Waals surface area contributed by atoms with E-state index in [-0.39, 0.29) is 0 Å². The lowest BCUT2D eigenvalue weighted by Gasteiger charge is -2.09. The Labute approximate surface area is 151 Å². The van der Waals surface area contributed by atoms with Crippen LogP contribution in [0.5, 0.6) is 5.75 Å². The Morgan fingerprint density at radius 1 is 0.962 bits per heavy atom. The van der Waals surface area contributed by atoms with Crippen LogP contribution in [-0.2, 0) is 0 Å². The Morgan fingerprint density at radius 3 is 2.50 bits per heavy atom. The van der Waals surface area contributed by atoms with Gasteiger partial charge >= 0.3 is 0 Å². The SMILES string of the molecule is COc1ccc(-n2ncc3c(Nc4ccc(C)c(C)c4)ncnc32)cc1. The first-order chi connectivity index (χ1) is 12.7. The van der Waals surface area contributed by atoms with Crippen LogP contribution in [0.1, 0.15) is 11.1 Å². The van der Waals surface area contributed by atoms with E-state index in [2.05, 4.69) is 46.4 Å². The van der Waals surface area contributed by atoms with Crippen molar-refractivity contribution in [3.8, 4) is 11.4 Å². The number of hydrogen-bond donors (Lipinski definition) is 1. The average molecular weight is 345 g/mol. The van der Waals surface area contributed by atoms with E-state index in [0.717, 1.165) is 34.0 Å². The molecule has 0 aliphatic carbocycles. The molecular formula is C20H19N5O. The molecule has 0 saturated carbocycles. The number of methoxy groups -OCH3 is 1. The highest BCUT2D eigenvalue weighted by Gasteiger charge is 2.11. The van der Waals surface area contributed by atoms with E-state index in [1.165, 1.54) is 11.1 Å². The van der Waals surface area contributed by atoms with Crippen LogP contribution in [0.15, 0.2) is 55.0 Å². The number of rotatable bonds is 4. The van der Waals surface area contributed by atoms with Gasteiger partial charge in [0.1, 0.15) is 17.9 Å². The number of aromatic nitrogens is 4. The van der Waals surface area contributed by atoms with E-state index in [1.54, 1.807) is 24.3 Å². The lowest BCUT2D eigenvalue weighted by atomic mass is 10.1. The molecule has 1 N–H and O–H groups in total. The van der Waals surface area contributed by atoms with Crippen molar-refractivity contribution in [3.05, 3.63) is 66.1 Å². The molecule has 0 atom stereocenters. The summed E-state index contributed by atoms with van der Waals surface area (Å²) >= 11 is 0. The predicted molar refractivity (Wildman–Crippen MR) is 102 cm³/mol. The van der Waals surface area contributed by atoms with E-state index < -0.39 is 0 Å². The van der Waals surface area contributed by atoms with Crippen LogP contribution in [0, 0.1) is 13.8 Å². The molecule has 2 heterocycles. The summed E-state index contributed by atoms with van der Waals surface area (Å²) in [6.07, 6.45) is 3.33. The third-order valence-corrected chi connectivity index (χ3v) is 4.45. The number of fused-ring (bicyclic) bond motifs is 1. The van der Waals surface area contributed by atoms with Gasteiger partial charge in [0.25, 0.3) is 0 Å². The van der Waals surface area contributed by atoms with Gasteiger partial charge in [-0.1, -0.05) is 6.07 Å². The third-order valence-electron chi connectivity index (χ3n) is 4.45. The second-order valence-corrected chi connectivity index (χ2v) is 6.14. The molecule has 0 aliphatic heterocycles. The van der Waals surface area contributed by atoms with Crippen LogP contribution < -0.4 is 10.1 Å². The molecule has 6 nitrogen and oxygen atoms in total. The Kier molecular flexibility index (Phi) is 4.01. The van der Waals surface area contributed by atoms with E-state index in [0.29, 0.717) is 0 Å². The molecule has 2 aromatic carbocycles. The highest BCUT2D eigenvalue weighted by Crippen LogP contribution is 2.26. The molecule has 26 heavy (non-hydrogen) atoms. The van der Waals surface area contributed by atoms with Gasteiger partial charge in [-0.15, -0.1) is 0 Å². The summed E-state index contributed by atoms with van der Waals surface area (Å²) in [5.74, 6) is 1.54. The highest BCUT2D eigenvalue weighted by atomic mass is 16.5. The van der Waals surface area contributed by atoms with E-state index in [9.17, 15) is 0 Å². The normalized spacial score (nSPS) is 10.9. The zero-order valence-electron chi connectivity index (χ0n) is 14.9. The summed E-state index contributed by atoms with van der Waals surface area (Å²) in [4.78, 5) is 8.81. The number of nitrogens with one attached hydrogen (secondary N) is 1. The molecule has 0 spiro atoms. The highest BCUT2D eigenvalue weighted by molar-refractivity contribution is 5.89. The Hall–Kier alpha value is -3.41. The summed E-state index contributed by atoms with van der Waals surface area (Å²) in [5.41, 5.74) is 5.14. The molecule has 130 valence electrons. The van der Waals surface area contributed by atoms with Crippen molar-refractivity contribution in [2.45, 2.75) is 13.8 Å². The van der Waals surface area contributed by atoms with Gasteiger partial charge in [-0.2, -0.15) is 5.10 Å². The van der Waals surface area contributed by atoms with Gasteiger partial charge in [-0.3, -0.25) is 0 Å². The van der Waals surface area contributed by atoms with Crippen molar-refractivity contribution < 1.29 is 4.74 Å². The quantitative estimate of drug-likeness (QED) is 0.601. The number of anilines is 2. The fourth-order valence-electron chi connectivity index (χ4n) is 2.81. The molecule has 4 aromatic rings. The van der Waals surface area contributed by atoms with Gasteiger partial charge in [0.2, 0.25) is 0 Å². The molecule has 4 rings (SSSR count). The molecule has 0 bridgehead atoms. The first-order valence-corrected chi connectivity index (χ1v) is 8.33. The van der Waals surface area contributed by atoms with E-state index >= 15 is 0 Å². The van der Waals surface area contributed by atoms with Crippen molar-refractivity contribution in [1.82, 2.24) is 19.7 Å². The van der Waals surface area contributed by atoms with Gasteiger partial charge in [-0.05, 0) is 61.4 Å². The fourth-order valence-corrected chi connectivity index (χ4v) is 2.81. The Morgan fingerprint density at radius 2 is 1.77 bits per heavy atom. The van der Waals surface area contributed by atoms with Gasteiger partial charge < -0.3 is 10.1 Å². The standard InChI is InChI=1S/C20H19N5O/c1-13-4-5-15(10-14(13)2)24-19-18-11-23-25(20(18)22-12-21-19)16-6-8-17(26-3)9-7-16/h4-12H,1-3H3,(H,21,22,24). The van der Waals surface area contributed by atoms with Crippen molar-refractivity contribution in [3.63, 3.8) is 0 Å². The molecule has 2 aromatic heterocycles. The largest absolute Gasteiger partial charge is 0.497 e. The van der Waals surface area contributed by atoms with Crippen LogP contribution in [0.3, 0.4) is 0 Å². The van der Waals surface area contributed by atoms with E-state index in [4.69, 9.17) is 4.74 Å². The third kappa shape index (κ3) is 2.86. The first kappa shape index (κ1) is 16.1. The lowest BCUT2D eigenvalue weighted by Crippen LogP contribution is -2.00. The van der Waals surface area contributed by atoms with Gasteiger partial charge in [0, 0.05) is 5.69 Å². The molecule has 0 radical (unpaired) electrons. The molecule has 0 saturated heterocycles. The van der Waals surface area contributed by atoms with Crippen molar-refractivity contribution in [1.29, 1.82) is 0 Å². The fraction of sp³-hybridized carbons (Fsp3) is 0.150. The minimum absolute atomic E-state index is 0.734. The van der Waals surface area contributed by atoms with Crippen LogP contribution >= 0.6 is 0 Å². The predicted octanol–water partition coefficient (Wildman–Crippen LogP) is 4.18. The molecule has 0 amide bonds. The number of nitrogens with zero attached hydrogens (tertiary/aromatic N) is 4. The van der Waals surface area contributed by atoms with Crippen molar-refractivity contribution in [2.75, 3.05) is 12.4 Å². The van der Waals surface area contributed by atoms with E-state index in [1.807, 2.05) is 30.3 Å². The van der Waals surface area contributed by atoms with Crippen LogP contribution in [0.2, 0.25) is 0 Å². The van der Waals surface area contributed by atoms with Crippen LogP contribution in [-0.4, -0.2) is 26.9 Å². The van der Waals surface area contributed by atoms with Crippen molar-refractivity contribution >= 4 is 22.5 Å². The van der Waals surface area contributed by atoms with Crippen LogP contribution in [0.4, 0.5) is 11.5 Å². The molecular weight excluding hydrogens is 326 g/mol. The van der Waals surface area contributed by atoms with Crippen LogP contribution in [0.25, 0.3) is 16.7 Å². The summed E-state index contributed by atoms with van der Waals surface area (Å²) in [5, 5.41) is 8.72. The number of hydrogen-bond acceptors (Lipinski definition) is 5. The first-order valence-electron chi connectivity index (χ1n) is 8.33. The summed E-state index contributed by atoms with van der Waals surface area (Å²) in [6.45, 7) is 4.19. The summed E-state index contributed by atoms with van der Waals surface area (Å²) in [7, 11) is 1.65.